The van der Waals surface area contributed by atoms with Crippen LogP contribution < -0.4 is 5.32 Å². The molecule has 2 rings (SSSR count). The minimum absolute atomic E-state index is 0.162. The first kappa shape index (κ1) is 15.4. The highest BCUT2D eigenvalue weighted by Gasteiger charge is 2.38. The Labute approximate surface area is 123 Å². The lowest BCUT2D eigenvalue weighted by atomic mass is 9.95. The van der Waals surface area contributed by atoms with Crippen molar-refractivity contribution in [1.82, 2.24) is 10.3 Å². The van der Waals surface area contributed by atoms with Gasteiger partial charge in [0.15, 0.2) is 0 Å². The highest BCUT2D eigenvalue weighted by Crippen LogP contribution is 2.26. The van der Waals surface area contributed by atoms with Crippen LogP contribution in [0, 0.1) is 0 Å². The molecule has 1 heterocycles. The fourth-order valence-corrected chi connectivity index (χ4v) is 2.94. The molecule has 6 heteroatoms. The summed E-state index contributed by atoms with van der Waals surface area (Å²) in [4.78, 5) is 16.0. The molecule has 1 aromatic heterocycles. The molecule has 0 saturated heterocycles. The van der Waals surface area contributed by atoms with E-state index in [1.165, 1.54) is 7.11 Å². The number of carbonyl (C=O) groups is 1. The van der Waals surface area contributed by atoms with Crippen LogP contribution in [-0.2, 0) is 9.53 Å². The Hall–Kier alpha value is -1.01. The number of esters is 1. The third-order valence-corrected chi connectivity index (χ3v) is 4.38. The molecule has 20 heavy (non-hydrogen) atoms. The molecule has 0 spiro atoms. The molecular formula is C14H22N2O3S. The van der Waals surface area contributed by atoms with Crippen LogP contribution in [0.15, 0.2) is 22.1 Å². The number of nitrogens with one attached hydrogen (secondary N) is 1. The molecule has 5 nitrogen and oxygen atoms in total. The predicted octanol–water partition coefficient (Wildman–Crippen LogP) is 2.62. The van der Waals surface area contributed by atoms with Crippen LogP contribution in [0.4, 0.5) is 0 Å². The van der Waals surface area contributed by atoms with Gasteiger partial charge in [-0.3, -0.25) is 10.1 Å². The molecule has 1 unspecified atom stereocenters. The third kappa shape index (κ3) is 4.52. The van der Waals surface area contributed by atoms with E-state index in [0.29, 0.717) is 11.3 Å². The SMILES string of the molecule is COC(=O)C(C)(CCCCSc1ncco1)NC1CC1. The van der Waals surface area contributed by atoms with E-state index in [-0.39, 0.29) is 5.97 Å². The van der Waals surface area contributed by atoms with Gasteiger partial charge in [-0.2, -0.15) is 0 Å². The number of rotatable bonds is 9. The van der Waals surface area contributed by atoms with Crippen molar-refractivity contribution in [2.75, 3.05) is 12.9 Å². The van der Waals surface area contributed by atoms with Crippen molar-refractivity contribution in [3.05, 3.63) is 12.5 Å². The molecule has 0 amide bonds. The monoisotopic (exact) mass is 298 g/mol. The van der Waals surface area contributed by atoms with E-state index >= 15 is 0 Å². The average Bonchev–Trinajstić information content (AvgIpc) is 3.09. The van der Waals surface area contributed by atoms with E-state index in [0.717, 1.165) is 37.9 Å². The van der Waals surface area contributed by atoms with Gasteiger partial charge in [0.1, 0.15) is 11.8 Å². The van der Waals surface area contributed by atoms with Gasteiger partial charge in [-0.15, -0.1) is 0 Å². The number of carbonyl (C=O) groups excluding carboxylic acids is 1. The number of hydrogen-bond donors (Lipinski definition) is 1. The smallest absolute Gasteiger partial charge is 0.325 e. The minimum atomic E-state index is -0.552. The zero-order valence-electron chi connectivity index (χ0n) is 12.1. The van der Waals surface area contributed by atoms with E-state index in [4.69, 9.17) is 9.15 Å². The van der Waals surface area contributed by atoms with Crippen LogP contribution in [0.1, 0.15) is 39.0 Å². The van der Waals surface area contributed by atoms with Crippen LogP contribution in [0.3, 0.4) is 0 Å². The van der Waals surface area contributed by atoms with Crippen LogP contribution in [-0.4, -0.2) is 35.4 Å². The first-order valence-corrected chi connectivity index (χ1v) is 8.01. The van der Waals surface area contributed by atoms with Gasteiger partial charge in [0.2, 0.25) is 0 Å². The van der Waals surface area contributed by atoms with Crippen LogP contribution >= 0.6 is 11.8 Å². The van der Waals surface area contributed by atoms with Gasteiger partial charge in [-0.05, 0) is 32.6 Å². The lowest BCUT2D eigenvalue weighted by Crippen LogP contribution is -2.51. The van der Waals surface area contributed by atoms with Gasteiger partial charge in [0.05, 0.1) is 13.3 Å². The van der Waals surface area contributed by atoms with Crippen molar-refractivity contribution in [3.63, 3.8) is 0 Å². The Balaban J connectivity index is 1.69. The second kappa shape index (κ2) is 7.13. The van der Waals surface area contributed by atoms with Crippen LogP contribution in [0.5, 0.6) is 0 Å². The average molecular weight is 298 g/mol. The van der Waals surface area contributed by atoms with Crippen molar-refractivity contribution in [2.45, 2.75) is 55.8 Å². The van der Waals surface area contributed by atoms with Crippen molar-refractivity contribution in [3.8, 4) is 0 Å². The van der Waals surface area contributed by atoms with Gasteiger partial charge in [-0.25, -0.2) is 4.98 Å². The number of oxazole rings is 1. The molecule has 1 aromatic rings. The van der Waals surface area contributed by atoms with Gasteiger partial charge in [-0.1, -0.05) is 18.2 Å². The Bertz CT molecular complexity index is 420. The first-order valence-electron chi connectivity index (χ1n) is 7.02. The minimum Gasteiger partial charge on any atom is -0.468 e. The fraction of sp³-hybridized carbons (Fsp3) is 0.714. The van der Waals surface area contributed by atoms with Crippen molar-refractivity contribution in [2.24, 2.45) is 0 Å². The summed E-state index contributed by atoms with van der Waals surface area (Å²) in [5.74, 6) is 0.783. The summed E-state index contributed by atoms with van der Waals surface area (Å²) in [6, 6.07) is 0.487. The van der Waals surface area contributed by atoms with Gasteiger partial charge in [0, 0.05) is 11.8 Å². The zero-order chi connectivity index (χ0) is 14.4. The molecule has 0 aliphatic heterocycles. The molecule has 0 aromatic carbocycles. The summed E-state index contributed by atoms with van der Waals surface area (Å²) >= 11 is 1.60. The molecule has 1 aliphatic rings. The van der Waals surface area contributed by atoms with Crippen molar-refractivity contribution >= 4 is 17.7 Å². The number of aromatic nitrogens is 1. The maximum absolute atomic E-state index is 11.9. The normalized spacial score (nSPS) is 17.7. The van der Waals surface area contributed by atoms with Gasteiger partial charge in [0.25, 0.3) is 5.22 Å². The van der Waals surface area contributed by atoms with Crippen LogP contribution in [0.2, 0.25) is 0 Å². The van der Waals surface area contributed by atoms with E-state index in [1.807, 2.05) is 6.92 Å². The molecule has 1 saturated carbocycles. The summed E-state index contributed by atoms with van der Waals surface area (Å²) in [5, 5.41) is 4.12. The molecule has 1 aliphatic carbocycles. The molecule has 112 valence electrons. The molecular weight excluding hydrogens is 276 g/mol. The summed E-state index contributed by atoms with van der Waals surface area (Å²) in [6.45, 7) is 1.94. The largest absolute Gasteiger partial charge is 0.468 e. The molecule has 1 atom stereocenters. The Morgan fingerprint density at radius 1 is 1.60 bits per heavy atom. The van der Waals surface area contributed by atoms with Crippen LogP contribution in [0.25, 0.3) is 0 Å². The summed E-state index contributed by atoms with van der Waals surface area (Å²) in [5.41, 5.74) is -0.552. The summed E-state index contributed by atoms with van der Waals surface area (Å²) in [7, 11) is 1.45. The van der Waals surface area contributed by atoms with E-state index in [9.17, 15) is 4.79 Å². The lowest BCUT2D eigenvalue weighted by molar-refractivity contribution is -0.148. The topological polar surface area (TPSA) is 64.4 Å². The number of nitrogens with zero attached hydrogens (tertiary/aromatic N) is 1. The third-order valence-electron chi connectivity index (χ3n) is 3.44. The Morgan fingerprint density at radius 3 is 3.00 bits per heavy atom. The predicted molar refractivity (Wildman–Crippen MR) is 77.7 cm³/mol. The summed E-state index contributed by atoms with van der Waals surface area (Å²) < 4.78 is 10.1. The van der Waals surface area contributed by atoms with Gasteiger partial charge < -0.3 is 9.15 Å². The number of methoxy groups -OCH3 is 1. The van der Waals surface area contributed by atoms with E-state index < -0.39 is 5.54 Å². The molecule has 1 N–H and O–H groups in total. The molecule has 0 bridgehead atoms. The second-order valence-electron chi connectivity index (χ2n) is 5.35. The number of unbranched alkanes of at least 4 members (excludes halogenated alkanes) is 1. The number of ether oxygens (including phenoxy) is 1. The standard InChI is InChI=1S/C14H22N2O3S/c1-14(12(17)18-2,16-11-5-6-11)7-3-4-10-20-13-15-8-9-19-13/h8-9,11,16H,3-7,10H2,1-2H3. The molecule has 1 fully saturated rings. The van der Waals surface area contributed by atoms with E-state index in [1.54, 1.807) is 24.2 Å². The Morgan fingerprint density at radius 2 is 2.40 bits per heavy atom. The lowest BCUT2D eigenvalue weighted by Gasteiger charge is -2.28. The van der Waals surface area contributed by atoms with E-state index in [2.05, 4.69) is 10.3 Å². The maximum Gasteiger partial charge on any atom is 0.325 e. The quantitative estimate of drug-likeness (QED) is 0.429. The maximum atomic E-state index is 11.9. The number of thioether (sulfide) groups is 1. The fourth-order valence-electron chi connectivity index (χ4n) is 2.16. The highest BCUT2D eigenvalue weighted by molar-refractivity contribution is 7.99. The number of hydrogen-bond acceptors (Lipinski definition) is 6. The summed E-state index contributed by atoms with van der Waals surface area (Å²) in [6.07, 6.45) is 8.33. The van der Waals surface area contributed by atoms with Crippen molar-refractivity contribution in [1.29, 1.82) is 0 Å². The second-order valence-corrected chi connectivity index (χ2v) is 6.39. The molecule has 0 radical (unpaired) electrons. The first-order chi connectivity index (χ1) is 9.64. The Kier molecular flexibility index (Phi) is 5.48. The zero-order valence-corrected chi connectivity index (χ0v) is 12.9. The highest BCUT2D eigenvalue weighted by atomic mass is 32.2. The van der Waals surface area contributed by atoms with Crippen molar-refractivity contribution < 1.29 is 13.9 Å². The van der Waals surface area contributed by atoms with Gasteiger partial charge >= 0.3 is 5.97 Å².